The van der Waals surface area contributed by atoms with Gasteiger partial charge in [-0.25, -0.2) is 0 Å². The first kappa shape index (κ1) is 15.1. The van der Waals surface area contributed by atoms with Gasteiger partial charge >= 0.3 is 0 Å². The largest absolute Gasteiger partial charge is 0.369 e. The van der Waals surface area contributed by atoms with E-state index in [1.54, 1.807) is 6.08 Å². The van der Waals surface area contributed by atoms with Crippen molar-refractivity contribution in [3.63, 3.8) is 0 Å². The number of amides is 2. The van der Waals surface area contributed by atoms with Crippen molar-refractivity contribution in [1.82, 2.24) is 5.32 Å². The maximum Gasteiger partial charge on any atom is 0.290 e. The van der Waals surface area contributed by atoms with Gasteiger partial charge in [-0.3, -0.25) is 14.9 Å². The Balaban J connectivity index is 1.98. The molecule has 22 heavy (non-hydrogen) atoms. The second-order valence-electron chi connectivity index (χ2n) is 5.71. The molecule has 0 aromatic heterocycles. The number of nitrogens with two attached hydrogens (primary N) is 1. The molecule has 0 saturated carbocycles. The fraction of sp³-hybridized carbons (Fsp3) is 0.375. The lowest BCUT2D eigenvalue weighted by molar-refractivity contribution is -0.115. The van der Waals surface area contributed by atoms with Gasteiger partial charge in [0, 0.05) is 24.8 Å². The third-order valence-corrected chi connectivity index (χ3v) is 4.78. The van der Waals surface area contributed by atoms with Crippen LogP contribution in [0.2, 0.25) is 0 Å². The number of hydrogen-bond donors (Lipinski definition) is 2. The number of piperidine rings is 1. The molecule has 0 radical (unpaired) electrons. The second kappa shape index (κ2) is 6.14. The van der Waals surface area contributed by atoms with E-state index in [9.17, 15) is 9.59 Å². The Hall–Kier alpha value is -1.79. The molecule has 1 atom stereocenters. The Morgan fingerprint density at radius 3 is 2.91 bits per heavy atom. The van der Waals surface area contributed by atoms with Crippen LogP contribution in [0.3, 0.4) is 0 Å². The van der Waals surface area contributed by atoms with Crippen molar-refractivity contribution >= 4 is 34.7 Å². The maximum atomic E-state index is 11.8. The van der Waals surface area contributed by atoms with Crippen LogP contribution in [0.5, 0.6) is 0 Å². The lowest BCUT2D eigenvalue weighted by Crippen LogP contribution is -2.43. The Labute approximate surface area is 133 Å². The Morgan fingerprint density at radius 2 is 2.23 bits per heavy atom. The first-order valence-corrected chi connectivity index (χ1v) is 8.21. The van der Waals surface area contributed by atoms with Gasteiger partial charge in [-0.1, -0.05) is 18.2 Å². The molecule has 0 bridgehead atoms. The number of anilines is 1. The molecule has 116 valence electrons. The number of nitrogens with one attached hydrogen (secondary N) is 1. The monoisotopic (exact) mass is 317 g/mol. The number of thioether (sulfide) groups is 1. The van der Waals surface area contributed by atoms with Crippen LogP contribution in [0, 0.1) is 6.92 Å². The third-order valence-electron chi connectivity index (χ3n) is 3.97. The topological polar surface area (TPSA) is 75.4 Å². The maximum absolute atomic E-state index is 11.8. The predicted octanol–water partition coefficient (Wildman–Crippen LogP) is 2.25. The van der Waals surface area contributed by atoms with E-state index < -0.39 is 0 Å². The number of aryl methyl sites for hydroxylation is 1. The number of nitrogens with zero attached hydrogens (tertiary/aromatic N) is 1. The van der Waals surface area contributed by atoms with Crippen molar-refractivity contribution in [2.24, 2.45) is 5.73 Å². The van der Waals surface area contributed by atoms with Crippen LogP contribution in [0.25, 0.3) is 6.08 Å². The normalized spacial score (nSPS) is 24.0. The zero-order chi connectivity index (χ0) is 15.7. The number of carbonyl (C=O) groups is 2. The van der Waals surface area contributed by atoms with E-state index in [1.165, 1.54) is 0 Å². The van der Waals surface area contributed by atoms with Crippen molar-refractivity contribution in [2.75, 3.05) is 18.0 Å². The predicted molar refractivity (Wildman–Crippen MR) is 89.7 cm³/mol. The summed E-state index contributed by atoms with van der Waals surface area (Å²) < 4.78 is 0. The quantitative estimate of drug-likeness (QED) is 0.818. The van der Waals surface area contributed by atoms with Gasteiger partial charge in [0.25, 0.3) is 11.1 Å². The first-order chi connectivity index (χ1) is 10.5. The second-order valence-corrected chi connectivity index (χ2v) is 6.73. The number of imide groups is 1. The Bertz CT molecular complexity index is 657. The molecule has 0 spiro atoms. The van der Waals surface area contributed by atoms with Crippen LogP contribution in [0.15, 0.2) is 23.1 Å². The standard InChI is InChI=1S/C16H19N3O2S/c1-10-4-2-5-11(8-13-15(20)18-16(21)22-13)14(10)19-7-3-6-12(17)9-19/h2,4-5,8,12H,3,6-7,9,17H2,1H3,(H,18,20,21)/b13-8-. The molecule has 2 amide bonds. The molecule has 1 aromatic rings. The lowest BCUT2D eigenvalue weighted by Gasteiger charge is -2.34. The molecule has 3 N–H and O–H groups in total. The molecule has 0 aliphatic carbocycles. The molecule has 2 aliphatic rings. The smallest absolute Gasteiger partial charge is 0.290 e. The van der Waals surface area contributed by atoms with Crippen molar-refractivity contribution in [1.29, 1.82) is 0 Å². The Morgan fingerprint density at radius 1 is 1.41 bits per heavy atom. The van der Waals surface area contributed by atoms with E-state index in [4.69, 9.17) is 5.73 Å². The minimum atomic E-state index is -0.321. The van der Waals surface area contributed by atoms with Gasteiger partial charge < -0.3 is 10.6 Å². The van der Waals surface area contributed by atoms with Crippen LogP contribution in [-0.4, -0.2) is 30.3 Å². The minimum Gasteiger partial charge on any atom is -0.369 e. The summed E-state index contributed by atoms with van der Waals surface area (Å²) in [6, 6.07) is 6.19. The number of para-hydroxylation sites is 1. The summed E-state index contributed by atoms with van der Waals surface area (Å²) in [6.45, 7) is 3.84. The molecule has 2 fully saturated rings. The van der Waals surface area contributed by atoms with E-state index in [1.807, 2.05) is 12.1 Å². The number of hydrogen-bond acceptors (Lipinski definition) is 5. The fourth-order valence-electron chi connectivity index (χ4n) is 3.01. The third kappa shape index (κ3) is 3.03. The minimum absolute atomic E-state index is 0.180. The Kier molecular flexibility index (Phi) is 4.22. The van der Waals surface area contributed by atoms with Crippen LogP contribution in [0.4, 0.5) is 10.5 Å². The summed E-state index contributed by atoms with van der Waals surface area (Å²) in [4.78, 5) is 25.8. The summed E-state index contributed by atoms with van der Waals surface area (Å²) in [7, 11) is 0. The van der Waals surface area contributed by atoms with Crippen LogP contribution < -0.4 is 16.0 Å². The van der Waals surface area contributed by atoms with Crippen LogP contribution >= 0.6 is 11.8 Å². The molecular weight excluding hydrogens is 298 g/mol. The van der Waals surface area contributed by atoms with E-state index in [0.29, 0.717) is 4.91 Å². The molecule has 1 aromatic carbocycles. The van der Waals surface area contributed by atoms with Crippen LogP contribution in [-0.2, 0) is 4.79 Å². The zero-order valence-electron chi connectivity index (χ0n) is 12.5. The van der Waals surface area contributed by atoms with Gasteiger partial charge in [0.15, 0.2) is 0 Å². The van der Waals surface area contributed by atoms with Gasteiger partial charge in [0.1, 0.15) is 0 Å². The molecule has 5 nitrogen and oxygen atoms in total. The average molecular weight is 317 g/mol. The van der Waals surface area contributed by atoms with E-state index in [2.05, 4.69) is 23.2 Å². The lowest BCUT2D eigenvalue weighted by atomic mass is 10.0. The highest BCUT2D eigenvalue weighted by molar-refractivity contribution is 8.18. The van der Waals surface area contributed by atoms with Crippen molar-refractivity contribution in [3.05, 3.63) is 34.2 Å². The average Bonchev–Trinajstić information content (AvgIpc) is 2.77. The van der Waals surface area contributed by atoms with Gasteiger partial charge in [0.2, 0.25) is 0 Å². The first-order valence-electron chi connectivity index (χ1n) is 7.39. The van der Waals surface area contributed by atoms with E-state index in [0.717, 1.165) is 54.5 Å². The van der Waals surface area contributed by atoms with Crippen molar-refractivity contribution in [2.45, 2.75) is 25.8 Å². The number of carbonyl (C=O) groups excluding carboxylic acids is 2. The van der Waals surface area contributed by atoms with Gasteiger partial charge in [-0.15, -0.1) is 0 Å². The molecule has 2 heterocycles. The van der Waals surface area contributed by atoms with Gasteiger partial charge in [0.05, 0.1) is 4.91 Å². The van der Waals surface area contributed by atoms with E-state index in [-0.39, 0.29) is 17.2 Å². The molecule has 2 saturated heterocycles. The zero-order valence-corrected chi connectivity index (χ0v) is 13.3. The van der Waals surface area contributed by atoms with Crippen molar-refractivity contribution in [3.8, 4) is 0 Å². The summed E-state index contributed by atoms with van der Waals surface area (Å²) in [6.07, 6.45) is 3.91. The molecule has 1 unspecified atom stereocenters. The summed E-state index contributed by atoms with van der Waals surface area (Å²) >= 11 is 0.949. The molecular formula is C16H19N3O2S. The van der Waals surface area contributed by atoms with Crippen LogP contribution in [0.1, 0.15) is 24.0 Å². The molecule has 6 heteroatoms. The molecule has 2 aliphatic heterocycles. The van der Waals surface area contributed by atoms with Gasteiger partial charge in [-0.05, 0) is 48.7 Å². The highest BCUT2D eigenvalue weighted by Gasteiger charge is 2.26. The highest BCUT2D eigenvalue weighted by atomic mass is 32.2. The SMILES string of the molecule is Cc1cccc(/C=C2\SC(=O)NC2=O)c1N1CCCC(N)C1. The number of rotatable bonds is 2. The fourth-order valence-corrected chi connectivity index (χ4v) is 3.68. The summed E-state index contributed by atoms with van der Waals surface area (Å²) in [5.41, 5.74) is 9.32. The summed E-state index contributed by atoms with van der Waals surface area (Å²) in [5, 5.41) is 1.98. The molecule has 3 rings (SSSR count). The van der Waals surface area contributed by atoms with Crippen molar-refractivity contribution < 1.29 is 9.59 Å². The van der Waals surface area contributed by atoms with Gasteiger partial charge in [-0.2, -0.15) is 0 Å². The highest BCUT2D eigenvalue weighted by Crippen LogP contribution is 2.32. The number of benzene rings is 1. The summed E-state index contributed by atoms with van der Waals surface area (Å²) in [5.74, 6) is -0.321. The van der Waals surface area contributed by atoms with E-state index >= 15 is 0 Å².